The zero-order valence-corrected chi connectivity index (χ0v) is 9.29. The van der Waals surface area contributed by atoms with Gasteiger partial charge in [0.2, 0.25) is 0 Å². The van der Waals surface area contributed by atoms with Gasteiger partial charge in [-0.15, -0.1) is 0 Å². The molecule has 13 heavy (non-hydrogen) atoms. The predicted molar refractivity (Wildman–Crippen MR) is 60.2 cm³/mol. The Morgan fingerprint density at radius 3 is 2.23 bits per heavy atom. The second kappa shape index (κ2) is 7.07. The van der Waals surface area contributed by atoms with Gasteiger partial charge in [0, 0.05) is 12.6 Å². The van der Waals surface area contributed by atoms with Crippen molar-refractivity contribution in [1.82, 2.24) is 0 Å². The maximum atomic E-state index is 5.85. The molecule has 0 saturated carbocycles. The Hall–Kier alpha value is -0.370. The van der Waals surface area contributed by atoms with Crippen LogP contribution in [-0.2, 0) is 0 Å². The van der Waals surface area contributed by atoms with Gasteiger partial charge in [-0.2, -0.15) is 0 Å². The molecule has 0 aliphatic carbocycles. The second-order valence-electron chi connectivity index (χ2n) is 4.35. The molecule has 0 fully saturated rings. The minimum Gasteiger partial charge on any atom is -0.328 e. The standard InChI is InChI=1S/C11H24N2/c1-9(2)6-5-7-11(8-13-4)10(3)12/h9-11H,4-8,12H2,1-3H3. The van der Waals surface area contributed by atoms with Gasteiger partial charge in [0.25, 0.3) is 0 Å². The Kier molecular flexibility index (Phi) is 6.87. The Labute approximate surface area is 82.6 Å². The fourth-order valence-electron chi connectivity index (χ4n) is 1.47. The maximum absolute atomic E-state index is 5.85. The lowest BCUT2D eigenvalue weighted by molar-refractivity contribution is 0.391. The van der Waals surface area contributed by atoms with Crippen LogP contribution in [0.3, 0.4) is 0 Å². The molecular weight excluding hydrogens is 160 g/mol. The lowest BCUT2D eigenvalue weighted by Gasteiger charge is -2.18. The molecule has 2 unspecified atom stereocenters. The average molecular weight is 184 g/mol. The molecule has 2 N–H and O–H groups in total. The van der Waals surface area contributed by atoms with E-state index in [0.717, 1.165) is 12.5 Å². The lowest BCUT2D eigenvalue weighted by Crippen LogP contribution is -2.28. The maximum Gasteiger partial charge on any atom is 0.0425 e. The topological polar surface area (TPSA) is 38.4 Å². The minimum atomic E-state index is 0.248. The van der Waals surface area contributed by atoms with E-state index >= 15 is 0 Å². The molecule has 2 nitrogen and oxygen atoms in total. The van der Waals surface area contributed by atoms with Gasteiger partial charge >= 0.3 is 0 Å². The van der Waals surface area contributed by atoms with Crippen LogP contribution < -0.4 is 5.73 Å². The predicted octanol–water partition coefficient (Wildman–Crippen LogP) is 2.48. The molecule has 0 radical (unpaired) electrons. The van der Waals surface area contributed by atoms with Crippen LogP contribution in [0, 0.1) is 11.8 Å². The monoisotopic (exact) mass is 184 g/mol. The van der Waals surface area contributed by atoms with E-state index in [4.69, 9.17) is 5.73 Å². The van der Waals surface area contributed by atoms with Gasteiger partial charge in [-0.25, -0.2) is 0 Å². The first-order chi connectivity index (χ1) is 6.07. The van der Waals surface area contributed by atoms with Crippen LogP contribution in [0.4, 0.5) is 0 Å². The van der Waals surface area contributed by atoms with E-state index in [1.165, 1.54) is 19.3 Å². The van der Waals surface area contributed by atoms with E-state index < -0.39 is 0 Å². The third-order valence-corrected chi connectivity index (χ3v) is 2.46. The van der Waals surface area contributed by atoms with Crippen molar-refractivity contribution in [2.75, 3.05) is 6.54 Å². The quantitative estimate of drug-likeness (QED) is 0.606. The molecule has 0 amide bonds. The van der Waals surface area contributed by atoms with Crippen LogP contribution in [0.15, 0.2) is 4.99 Å². The fourth-order valence-corrected chi connectivity index (χ4v) is 1.47. The normalized spacial score (nSPS) is 15.8. The SMILES string of the molecule is C=NCC(CCCC(C)C)C(C)N. The average Bonchev–Trinajstić information content (AvgIpc) is 2.02. The van der Waals surface area contributed by atoms with E-state index in [-0.39, 0.29) is 6.04 Å². The summed E-state index contributed by atoms with van der Waals surface area (Å²) in [4.78, 5) is 3.93. The van der Waals surface area contributed by atoms with Crippen molar-refractivity contribution in [3.8, 4) is 0 Å². The highest BCUT2D eigenvalue weighted by molar-refractivity contribution is 5.23. The van der Waals surface area contributed by atoms with Crippen molar-refractivity contribution in [3.05, 3.63) is 0 Å². The van der Waals surface area contributed by atoms with Gasteiger partial charge in [-0.05, 0) is 31.9 Å². The number of rotatable bonds is 7. The van der Waals surface area contributed by atoms with Gasteiger partial charge in [-0.3, -0.25) is 0 Å². The molecule has 0 aliphatic heterocycles. The highest BCUT2D eigenvalue weighted by Crippen LogP contribution is 2.15. The number of hydrogen-bond donors (Lipinski definition) is 1. The first kappa shape index (κ1) is 12.6. The van der Waals surface area contributed by atoms with Crippen molar-refractivity contribution in [3.63, 3.8) is 0 Å². The van der Waals surface area contributed by atoms with Gasteiger partial charge < -0.3 is 10.7 Å². The van der Waals surface area contributed by atoms with Crippen LogP contribution in [-0.4, -0.2) is 19.3 Å². The summed E-state index contributed by atoms with van der Waals surface area (Å²) < 4.78 is 0. The highest BCUT2D eigenvalue weighted by atomic mass is 14.7. The summed E-state index contributed by atoms with van der Waals surface area (Å²) in [5.41, 5.74) is 5.85. The number of hydrogen-bond acceptors (Lipinski definition) is 2. The largest absolute Gasteiger partial charge is 0.328 e. The smallest absolute Gasteiger partial charge is 0.0425 e. The lowest BCUT2D eigenvalue weighted by atomic mass is 9.93. The van der Waals surface area contributed by atoms with Crippen molar-refractivity contribution in [2.45, 2.75) is 46.1 Å². The van der Waals surface area contributed by atoms with Crippen molar-refractivity contribution in [2.24, 2.45) is 22.6 Å². The molecule has 0 spiro atoms. The van der Waals surface area contributed by atoms with E-state index in [0.29, 0.717) is 5.92 Å². The number of nitrogens with zero attached hydrogens (tertiary/aromatic N) is 1. The van der Waals surface area contributed by atoms with Crippen LogP contribution in [0.2, 0.25) is 0 Å². The molecule has 2 atom stereocenters. The van der Waals surface area contributed by atoms with Crippen molar-refractivity contribution in [1.29, 1.82) is 0 Å². The molecule has 0 rings (SSSR count). The summed E-state index contributed by atoms with van der Waals surface area (Å²) in [6, 6.07) is 0.248. The van der Waals surface area contributed by atoms with Gasteiger partial charge in [0.1, 0.15) is 0 Å². The van der Waals surface area contributed by atoms with Gasteiger partial charge in [0.15, 0.2) is 0 Å². The van der Waals surface area contributed by atoms with E-state index in [9.17, 15) is 0 Å². The van der Waals surface area contributed by atoms with E-state index in [1.54, 1.807) is 0 Å². The van der Waals surface area contributed by atoms with Crippen molar-refractivity contribution < 1.29 is 0 Å². The molecule has 0 aromatic rings. The Morgan fingerprint density at radius 1 is 1.23 bits per heavy atom. The number of nitrogens with two attached hydrogens (primary N) is 1. The minimum absolute atomic E-state index is 0.248. The second-order valence-corrected chi connectivity index (χ2v) is 4.35. The molecule has 0 aliphatic rings. The molecule has 0 aromatic heterocycles. The molecule has 0 bridgehead atoms. The van der Waals surface area contributed by atoms with Crippen LogP contribution in [0.5, 0.6) is 0 Å². The molecule has 0 heterocycles. The highest BCUT2D eigenvalue weighted by Gasteiger charge is 2.12. The molecular formula is C11H24N2. The summed E-state index contributed by atoms with van der Waals surface area (Å²) in [5.74, 6) is 1.32. The Morgan fingerprint density at radius 2 is 1.85 bits per heavy atom. The first-order valence-electron chi connectivity index (χ1n) is 5.26. The van der Waals surface area contributed by atoms with Gasteiger partial charge in [-0.1, -0.05) is 26.7 Å². The van der Waals surface area contributed by atoms with Crippen molar-refractivity contribution >= 4 is 6.72 Å². The fraction of sp³-hybridized carbons (Fsp3) is 0.909. The summed E-state index contributed by atoms with van der Waals surface area (Å²) >= 11 is 0. The first-order valence-corrected chi connectivity index (χ1v) is 5.26. The van der Waals surface area contributed by atoms with E-state index in [2.05, 4.69) is 32.5 Å². The molecule has 2 heteroatoms. The Bertz CT molecular complexity index is 130. The molecule has 0 aromatic carbocycles. The molecule has 78 valence electrons. The molecule has 0 saturated heterocycles. The summed E-state index contributed by atoms with van der Waals surface area (Å²) in [5, 5.41) is 0. The van der Waals surface area contributed by atoms with Crippen LogP contribution in [0.1, 0.15) is 40.0 Å². The van der Waals surface area contributed by atoms with Crippen LogP contribution >= 0.6 is 0 Å². The summed E-state index contributed by atoms with van der Waals surface area (Å²) in [6.07, 6.45) is 3.74. The van der Waals surface area contributed by atoms with Crippen LogP contribution in [0.25, 0.3) is 0 Å². The summed E-state index contributed by atoms with van der Waals surface area (Å²) in [6.45, 7) is 10.9. The third-order valence-electron chi connectivity index (χ3n) is 2.46. The third kappa shape index (κ3) is 6.76. The Balaban J connectivity index is 3.62. The number of aliphatic imine (C=N–C) groups is 1. The van der Waals surface area contributed by atoms with E-state index in [1.807, 2.05) is 0 Å². The zero-order chi connectivity index (χ0) is 10.3. The zero-order valence-electron chi connectivity index (χ0n) is 9.29. The summed E-state index contributed by atoms with van der Waals surface area (Å²) in [7, 11) is 0. The van der Waals surface area contributed by atoms with Gasteiger partial charge in [0.05, 0.1) is 0 Å².